The first kappa shape index (κ1) is 16.8. The molecule has 2 rings (SSSR count). The lowest BCUT2D eigenvalue weighted by Gasteiger charge is -2.30. The number of thioether (sulfide) groups is 1. The number of nitrogens with zero attached hydrogens (tertiary/aromatic N) is 3. The number of carbonyl (C=O) groups is 2. The number of likely N-dealkylation sites (tertiary alicyclic amines) is 1. The second-order valence-electron chi connectivity index (χ2n) is 5.55. The Labute approximate surface area is 134 Å². The molecule has 8 heteroatoms. The number of nitrogens with two attached hydrogens (primary N) is 1. The van der Waals surface area contributed by atoms with E-state index < -0.39 is 0 Å². The second-order valence-corrected chi connectivity index (χ2v) is 6.33. The quantitative estimate of drug-likeness (QED) is 0.716. The summed E-state index contributed by atoms with van der Waals surface area (Å²) < 4.78 is 1.98. The molecule has 1 saturated heterocycles. The monoisotopic (exact) mass is 325 g/mol. The summed E-state index contributed by atoms with van der Waals surface area (Å²) in [6.45, 7) is 2.11. The van der Waals surface area contributed by atoms with E-state index in [1.54, 1.807) is 18.0 Å². The predicted molar refractivity (Wildman–Crippen MR) is 85.2 cm³/mol. The fraction of sp³-hybridized carbons (Fsp3) is 0.643. The van der Waals surface area contributed by atoms with Crippen LogP contribution < -0.4 is 11.1 Å². The number of aromatic nitrogens is 2. The maximum absolute atomic E-state index is 12.3. The first-order valence-corrected chi connectivity index (χ1v) is 8.56. The zero-order chi connectivity index (χ0) is 16.1. The zero-order valence-corrected chi connectivity index (χ0v) is 13.9. The fourth-order valence-electron chi connectivity index (χ4n) is 2.74. The Balaban J connectivity index is 1.86. The van der Waals surface area contributed by atoms with Crippen LogP contribution in [0.3, 0.4) is 0 Å². The van der Waals surface area contributed by atoms with Crippen LogP contribution in [-0.4, -0.2) is 52.2 Å². The van der Waals surface area contributed by atoms with Crippen LogP contribution in [-0.2, 0) is 23.2 Å². The molecule has 1 aromatic rings. The third kappa shape index (κ3) is 4.23. The van der Waals surface area contributed by atoms with Gasteiger partial charge in [0.15, 0.2) is 5.16 Å². The third-order valence-electron chi connectivity index (χ3n) is 3.92. The molecule has 1 unspecified atom stereocenters. The van der Waals surface area contributed by atoms with E-state index in [1.165, 1.54) is 0 Å². The first-order chi connectivity index (χ1) is 10.5. The molecule has 2 heterocycles. The minimum absolute atomic E-state index is 0.0288. The molecule has 122 valence electrons. The van der Waals surface area contributed by atoms with Gasteiger partial charge in [-0.15, -0.1) is 0 Å². The average Bonchev–Trinajstić information content (AvgIpc) is 2.84. The molecule has 0 aromatic carbocycles. The van der Waals surface area contributed by atoms with Gasteiger partial charge in [-0.1, -0.05) is 11.8 Å². The third-order valence-corrected chi connectivity index (χ3v) is 4.67. The molecule has 0 spiro atoms. The molecule has 7 nitrogen and oxygen atoms in total. The van der Waals surface area contributed by atoms with Gasteiger partial charge in [0.1, 0.15) is 0 Å². The van der Waals surface area contributed by atoms with Gasteiger partial charge in [-0.2, -0.15) is 0 Å². The lowest BCUT2D eigenvalue weighted by atomic mass is 9.97. The van der Waals surface area contributed by atoms with Crippen LogP contribution in [0.15, 0.2) is 11.4 Å². The second kappa shape index (κ2) is 7.64. The number of primary amides is 1. The van der Waals surface area contributed by atoms with Crippen molar-refractivity contribution in [3.8, 4) is 0 Å². The van der Waals surface area contributed by atoms with Gasteiger partial charge in [0, 0.05) is 13.6 Å². The van der Waals surface area contributed by atoms with Crippen LogP contribution in [0.2, 0.25) is 0 Å². The van der Waals surface area contributed by atoms with E-state index in [2.05, 4.69) is 10.3 Å². The molecule has 1 fully saturated rings. The SMILES string of the molecule is CSc1ncc(CNC(=O)C2CCCN(CC(N)=O)C2)n1C. The van der Waals surface area contributed by atoms with E-state index in [4.69, 9.17) is 5.73 Å². The van der Waals surface area contributed by atoms with E-state index in [0.717, 1.165) is 30.2 Å². The summed E-state index contributed by atoms with van der Waals surface area (Å²) in [7, 11) is 1.94. The molecule has 1 atom stereocenters. The predicted octanol–water partition coefficient (Wildman–Crippen LogP) is -0.0445. The van der Waals surface area contributed by atoms with Crippen molar-refractivity contribution >= 4 is 23.6 Å². The molecule has 0 saturated carbocycles. The Bertz CT molecular complexity index is 545. The van der Waals surface area contributed by atoms with Crippen LogP contribution in [0.5, 0.6) is 0 Å². The summed E-state index contributed by atoms with van der Waals surface area (Å²) in [5.74, 6) is -0.400. The van der Waals surface area contributed by atoms with E-state index in [-0.39, 0.29) is 24.3 Å². The van der Waals surface area contributed by atoms with Gasteiger partial charge in [-0.3, -0.25) is 14.5 Å². The molecule has 0 radical (unpaired) electrons. The summed E-state index contributed by atoms with van der Waals surface area (Å²) in [6, 6.07) is 0. The molecular weight excluding hydrogens is 302 g/mol. The van der Waals surface area contributed by atoms with Crippen LogP contribution in [0.1, 0.15) is 18.5 Å². The Morgan fingerprint density at radius 2 is 2.32 bits per heavy atom. The van der Waals surface area contributed by atoms with Crippen LogP contribution in [0, 0.1) is 5.92 Å². The van der Waals surface area contributed by atoms with Gasteiger partial charge in [0.2, 0.25) is 11.8 Å². The average molecular weight is 325 g/mol. The topological polar surface area (TPSA) is 93.2 Å². The van der Waals surface area contributed by atoms with Crippen molar-refractivity contribution in [2.45, 2.75) is 24.5 Å². The van der Waals surface area contributed by atoms with Crippen molar-refractivity contribution in [1.29, 1.82) is 0 Å². The van der Waals surface area contributed by atoms with Gasteiger partial charge >= 0.3 is 0 Å². The molecule has 2 amide bonds. The number of hydrogen-bond acceptors (Lipinski definition) is 5. The molecule has 1 aliphatic rings. The first-order valence-electron chi connectivity index (χ1n) is 7.34. The lowest BCUT2D eigenvalue weighted by molar-refractivity contribution is -0.128. The number of rotatable bonds is 6. The zero-order valence-electron chi connectivity index (χ0n) is 13.0. The number of hydrogen-bond donors (Lipinski definition) is 2. The van der Waals surface area contributed by atoms with Gasteiger partial charge in [-0.05, 0) is 25.6 Å². The molecule has 1 aromatic heterocycles. The van der Waals surface area contributed by atoms with Crippen LogP contribution in [0.4, 0.5) is 0 Å². The highest BCUT2D eigenvalue weighted by atomic mass is 32.2. The molecular formula is C14H23N5O2S. The van der Waals surface area contributed by atoms with Crippen molar-refractivity contribution in [1.82, 2.24) is 19.8 Å². The van der Waals surface area contributed by atoms with Gasteiger partial charge < -0.3 is 15.6 Å². The number of nitrogens with one attached hydrogen (secondary N) is 1. The van der Waals surface area contributed by atoms with Crippen molar-refractivity contribution < 1.29 is 9.59 Å². The highest BCUT2D eigenvalue weighted by Gasteiger charge is 2.26. The standard InChI is InChI=1S/C14H23N5O2S/c1-18-11(7-17-14(18)22-2)6-16-13(21)10-4-3-5-19(8-10)9-12(15)20/h7,10H,3-6,8-9H2,1-2H3,(H2,15,20)(H,16,21). The van der Waals surface area contributed by atoms with E-state index >= 15 is 0 Å². The molecule has 3 N–H and O–H groups in total. The molecule has 0 bridgehead atoms. The fourth-order valence-corrected chi connectivity index (χ4v) is 3.28. The van der Waals surface area contributed by atoms with Crippen molar-refractivity contribution in [3.63, 3.8) is 0 Å². The minimum Gasteiger partial charge on any atom is -0.369 e. The van der Waals surface area contributed by atoms with Crippen molar-refractivity contribution in [3.05, 3.63) is 11.9 Å². The van der Waals surface area contributed by atoms with Gasteiger partial charge in [-0.25, -0.2) is 4.98 Å². The lowest BCUT2D eigenvalue weighted by Crippen LogP contribution is -2.45. The number of amides is 2. The number of piperidine rings is 1. The van der Waals surface area contributed by atoms with Gasteiger partial charge in [0.25, 0.3) is 0 Å². The molecule has 1 aliphatic heterocycles. The summed E-state index contributed by atoms with van der Waals surface area (Å²) in [4.78, 5) is 29.5. The maximum atomic E-state index is 12.3. The number of carbonyl (C=O) groups excluding carboxylic acids is 2. The van der Waals surface area contributed by atoms with Gasteiger partial charge in [0.05, 0.1) is 30.9 Å². The minimum atomic E-state index is -0.347. The van der Waals surface area contributed by atoms with E-state index in [0.29, 0.717) is 13.1 Å². The van der Waals surface area contributed by atoms with E-state index in [1.807, 2.05) is 22.8 Å². The van der Waals surface area contributed by atoms with E-state index in [9.17, 15) is 9.59 Å². The summed E-state index contributed by atoms with van der Waals surface area (Å²) in [5.41, 5.74) is 6.19. The summed E-state index contributed by atoms with van der Waals surface area (Å²) >= 11 is 1.57. The Kier molecular flexibility index (Phi) is 5.84. The number of imidazole rings is 1. The van der Waals surface area contributed by atoms with Crippen molar-refractivity contribution in [2.24, 2.45) is 18.7 Å². The van der Waals surface area contributed by atoms with Crippen molar-refractivity contribution in [2.75, 3.05) is 25.9 Å². The largest absolute Gasteiger partial charge is 0.369 e. The highest BCUT2D eigenvalue weighted by molar-refractivity contribution is 7.98. The highest BCUT2D eigenvalue weighted by Crippen LogP contribution is 2.17. The summed E-state index contributed by atoms with van der Waals surface area (Å²) in [5, 5.41) is 3.89. The summed E-state index contributed by atoms with van der Waals surface area (Å²) in [6.07, 6.45) is 5.52. The van der Waals surface area contributed by atoms with Crippen LogP contribution in [0.25, 0.3) is 0 Å². The Morgan fingerprint density at radius 1 is 1.55 bits per heavy atom. The maximum Gasteiger partial charge on any atom is 0.231 e. The molecule has 0 aliphatic carbocycles. The normalized spacial score (nSPS) is 19.1. The molecule has 22 heavy (non-hydrogen) atoms. The smallest absolute Gasteiger partial charge is 0.231 e. The Morgan fingerprint density at radius 3 is 2.95 bits per heavy atom. The van der Waals surface area contributed by atoms with Crippen LogP contribution >= 0.6 is 11.8 Å². The Hall–Kier alpha value is -1.54.